The molecule has 1 heterocycles. The normalized spacial score (nSPS) is 14.3. The van der Waals surface area contributed by atoms with Crippen molar-refractivity contribution in [2.45, 2.75) is 57.7 Å². The zero-order valence-electron chi connectivity index (χ0n) is 20.4. The summed E-state index contributed by atoms with van der Waals surface area (Å²) in [5.74, 6) is -4.10. The second-order valence-electron chi connectivity index (χ2n) is 8.71. The maximum Gasteiger partial charge on any atom is 0.322 e. The Hall–Kier alpha value is -3.93. The van der Waals surface area contributed by atoms with E-state index in [1.807, 2.05) is 38.1 Å². The largest absolute Gasteiger partial charge is 0.480 e. The Morgan fingerprint density at radius 3 is 2.33 bits per heavy atom. The first-order valence-electron chi connectivity index (χ1n) is 11.7. The van der Waals surface area contributed by atoms with E-state index in [1.54, 1.807) is 6.20 Å². The van der Waals surface area contributed by atoms with Crippen LogP contribution in [-0.4, -0.2) is 64.4 Å². The van der Waals surface area contributed by atoms with Gasteiger partial charge in [-0.25, -0.2) is 0 Å². The Balaban J connectivity index is 2.28. The van der Waals surface area contributed by atoms with Crippen LogP contribution in [0.3, 0.4) is 0 Å². The van der Waals surface area contributed by atoms with E-state index in [1.165, 1.54) is 0 Å². The predicted molar refractivity (Wildman–Crippen MR) is 132 cm³/mol. The first kappa shape index (κ1) is 28.3. The number of aromatic amines is 1. The number of rotatable bonds is 14. The molecule has 4 amide bonds. The third-order valence-corrected chi connectivity index (χ3v) is 6.02. The van der Waals surface area contributed by atoms with Crippen molar-refractivity contribution in [3.8, 4) is 0 Å². The van der Waals surface area contributed by atoms with E-state index in [0.29, 0.717) is 6.42 Å². The van der Waals surface area contributed by atoms with Crippen LogP contribution in [0.2, 0.25) is 0 Å². The predicted octanol–water partition coefficient (Wildman–Crippen LogP) is -0.480. The first-order valence-corrected chi connectivity index (χ1v) is 11.7. The number of hydrogen-bond acceptors (Lipinski definition) is 6. The second-order valence-corrected chi connectivity index (χ2v) is 8.71. The number of amides is 4. The van der Waals surface area contributed by atoms with E-state index in [9.17, 15) is 24.0 Å². The van der Waals surface area contributed by atoms with Gasteiger partial charge in [-0.1, -0.05) is 38.5 Å². The van der Waals surface area contributed by atoms with Gasteiger partial charge >= 0.3 is 5.97 Å². The van der Waals surface area contributed by atoms with Crippen molar-refractivity contribution in [3.63, 3.8) is 0 Å². The van der Waals surface area contributed by atoms with Gasteiger partial charge in [-0.15, -0.1) is 0 Å². The van der Waals surface area contributed by atoms with Crippen molar-refractivity contribution in [1.82, 2.24) is 20.9 Å². The third-order valence-electron chi connectivity index (χ3n) is 6.02. The summed E-state index contributed by atoms with van der Waals surface area (Å²) in [7, 11) is 0. The van der Waals surface area contributed by atoms with Gasteiger partial charge in [0.1, 0.15) is 18.6 Å². The van der Waals surface area contributed by atoms with Crippen molar-refractivity contribution < 1.29 is 29.1 Å². The molecule has 0 fully saturated rings. The van der Waals surface area contributed by atoms with Gasteiger partial charge < -0.3 is 37.5 Å². The summed E-state index contributed by atoms with van der Waals surface area (Å²) in [5.41, 5.74) is 12.9. The van der Waals surface area contributed by atoms with Gasteiger partial charge in [0, 0.05) is 29.9 Å². The number of benzene rings is 1. The molecule has 0 aliphatic carbocycles. The zero-order chi connectivity index (χ0) is 26.8. The lowest BCUT2D eigenvalue weighted by Crippen LogP contribution is -2.57. The molecule has 0 saturated carbocycles. The summed E-state index contributed by atoms with van der Waals surface area (Å²) in [5, 5.41) is 17.1. The zero-order valence-corrected chi connectivity index (χ0v) is 20.4. The molecule has 2 rings (SSSR count). The van der Waals surface area contributed by atoms with Gasteiger partial charge in [-0.3, -0.25) is 24.0 Å². The van der Waals surface area contributed by atoms with Crippen LogP contribution in [0.5, 0.6) is 0 Å². The highest BCUT2D eigenvalue weighted by Crippen LogP contribution is 2.19. The standard InChI is InChI=1S/C24H34N6O6/c1-3-13(2)21(26)24(36)30-18(10-14-11-27-16-7-5-4-6-15(14)16)23(35)29-17(8-9-19(25)31)22(34)28-12-20(32)33/h4-7,11,13,17-18,21,27H,3,8-10,12,26H2,1-2H3,(H2,25,31)(H,28,34)(H,29,35)(H,30,36)(H,32,33). The fourth-order valence-corrected chi connectivity index (χ4v) is 3.62. The number of fused-ring (bicyclic) bond motifs is 1. The maximum atomic E-state index is 13.3. The van der Waals surface area contributed by atoms with Crippen LogP contribution in [0.25, 0.3) is 10.9 Å². The van der Waals surface area contributed by atoms with Crippen LogP contribution in [0.1, 0.15) is 38.7 Å². The molecule has 12 nitrogen and oxygen atoms in total. The molecule has 0 bridgehead atoms. The second kappa shape index (κ2) is 13.2. The van der Waals surface area contributed by atoms with Gasteiger partial charge in [0.05, 0.1) is 6.04 Å². The van der Waals surface area contributed by atoms with Crippen molar-refractivity contribution in [3.05, 3.63) is 36.0 Å². The first-order chi connectivity index (χ1) is 17.0. The number of H-pyrrole nitrogens is 1. The minimum atomic E-state index is -1.27. The molecular weight excluding hydrogens is 468 g/mol. The number of nitrogens with one attached hydrogen (secondary N) is 4. The molecule has 1 aromatic heterocycles. The summed E-state index contributed by atoms with van der Waals surface area (Å²) in [4.78, 5) is 63.9. The lowest BCUT2D eigenvalue weighted by Gasteiger charge is -2.25. The maximum absolute atomic E-state index is 13.3. The van der Waals surface area contributed by atoms with Crippen molar-refractivity contribution >= 4 is 40.5 Å². The Morgan fingerprint density at radius 1 is 1.03 bits per heavy atom. The molecule has 0 aliphatic heterocycles. The average Bonchev–Trinajstić information content (AvgIpc) is 3.25. The van der Waals surface area contributed by atoms with Crippen molar-refractivity contribution in [1.29, 1.82) is 0 Å². The number of aromatic nitrogens is 1. The highest BCUT2D eigenvalue weighted by Gasteiger charge is 2.30. The van der Waals surface area contributed by atoms with Crippen LogP contribution < -0.4 is 27.4 Å². The Bertz CT molecular complexity index is 1100. The summed E-state index contributed by atoms with van der Waals surface area (Å²) in [6.45, 7) is 3.06. The van der Waals surface area contributed by atoms with E-state index >= 15 is 0 Å². The van der Waals surface area contributed by atoms with Crippen LogP contribution >= 0.6 is 0 Å². The van der Waals surface area contributed by atoms with Crippen molar-refractivity contribution in [2.75, 3.05) is 6.54 Å². The number of carboxylic acid groups (broad SMARTS) is 1. The molecule has 1 aromatic carbocycles. The summed E-state index contributed by atoms with van der Waals surface area (Å²) in [6, 6.07) is 4.26. The molecule has 36 heavy (non-hydrogen) atoms. The number of primary amides is 1. The van der Waals surface area contributed by atoms with Gasteiger partial charge in [-0.2, -0.15) is 0 Å². The minimum absolute atomic E-state index is 0.0914. The molecule has 0 spiro atoms. The molecule has 0 radical (unpaired) electrons. The van der Waals surface area contributed by atoms with Gasteiger partial charge in [0.2, 0.25) is 23.6 Å². The Kier molecular flexibility index (Phi) is 10.4. The molecule has 9 N–H and O–H groups in total. The van der Waals surface area contributed by atoms with Crippen LogP contribution in [0.15, 0.2) is 30.5 Å². The summed E-state index contributed by atoms with van der Waals surface area (Å²) < 4.78 is 0. The molecule has 4 unspecified atom stereocenters. The molecule has 4 atom stereocenters. The molecule has 196 valence electrons. The lowest BCUT2D eigenvalue weighted by atomic mass is 9.98. The average molecular weight is 503 g/mol. The number of carboxylic acids is 1. The molecular formula is C24H34N6O6. The quantitative estimate of drug-likeness (QED) is 0.180. The summed E-state index contributed by atoms with van der Waals surface area (Å²) in [6.07, 6.45) is 2.12. The van der Waals surface area contributed by atoms with Crippen LogP contribution in [-0.2, 0) is 30.4 Å². The number of carbonyl (C=O) groups excluding carboxylic acids is 4. The monoisotopic (exact) mass is 502 g/mol. The number of carbonyl (C=O) groups is 5. The third kappa shape index (κ3) is 8.08. The van der Waals surface area contributed by atoms with E-state index in [0.717, 1.165) is 16.5 Å². The topological polar surface area (TPSA) is 209 Å². The van der Waals surface area contributed by atoms with E-state index in [-0.39, 0.29) is 25.2 Å². The highest BCUT2D eigenvalue weighted by atomic mass is 16.4. The fourth-order valence-electron chi connectivity index (χ4n) is 3.62. The Labute approximate surface area is 208 Å². The van der Waals surface area contributed by atoms with E-state index in [2.05, 4.69) is 20.9 Å². The smallest absolute Gasteiger partial charge is 0.322 e. The van der Waals surface area contributed by atoms with Gasteiger partial charge in [-0.05, 0) is 24.0 Å². The minimum Gasteiger partial charge on any atom is -0.480 e. The van der Waals surface area contributed by atoms with Crippen LogP contribution in [0, 0.1) is 5.92 Å². The van der Waals surface area contributed by atoms with Crippen LogP contribution in [0.4, 0.5) is 0 Å². The van der Waals surface area contributed by atoms with Gasteiger partial charge in [0.15, 0.2) is 0 Å². The number of aliphatic carboxylic acids is 1. The fraction of sp³-hybridized carbons (Fsp3) is 0.458. The number of hydrogen-bond donors (Lipinski definition) is 7. The molecule has 0 aliphatic rings. The molecule has 0 saturated heterocycles. The highest BCUT2D eigenvalue weighted by molar-refractivity contribution is 5.94. The van der Waals surface area contributed by atoms with E-state index in [4.69, 9.17) is 16.6 Å². The Morgan fingerprint density at radius 2 is 1.69 bits per heavy atom. The number of nitrogens with two attached hydrogens (primary N) is 2. The lowest BCUT2D eigenvalue weighted by molar-refractivity contribution is -0.138. The van der Waals surface area contributed by atoms with E-state index < -0.39 is 54.3 Å². The number of para-hydroxylation sites is 1. The molecule has 12 heteroatoms. The van der Waals surface area contributed by atoms with Crippen molar-refractivity contribution in [2.24, 2.45) is 17.4 Å². The summed E-state index contributed by atoms with van der Waals surface area (Å²) >= 11 is 0. The SMILES string of the molecule is CCC(C)C(N)C(=O)NC(Cc1c[nH]c2ccccc12)C(=O)NC(CCC(N)=O)C(=O)NCC(=O)O. The molecule has 2 aromatic rings. The van der Waals surface area contributed by atoms with Gasteiger partial charge in [0.25, 0.3) is 0 Å².